The van der Waals surface area contributed by atoms with Gasteiger partial charge in [0.15, 0.2) is 0 Å². The van der Waals surface area contributed by atoms with Gasteiger partial charge < -0.3 is 29.7 Å². The number of carbonyl (C=O) groups is 4. The number of alkyl carbamates (subject to hydrolysis) is 1. The average molecular weight is 820 g/mol. The SMILES string of the molecule is COc1ccc2nc(C3CC3)c3c(c2c1)CCC1(CC2C(=O)NC4(C(=O)NS(=O)(=O)C5(C)CC5)CC4C=CCCCCCC(NC(=O)OC(C)C(C)C)C(=O)N2C1)O3. The second kappa shape index (κ2) is 15.0. The highest BCUT2D eigenvalue weighted by atomic mass is 32.2. The number of aromatic nitrogens is 1. The molecule has 58 heavy (non-hydrogen) atoms. The summed E-state index contributed by atoms with van der Waals surface area (Å²) in [6.45, 7) is 7.36. The molecular weight excluding hydrogens is 763 g/mol. The molecule has 1 spiro atoms. The van der Waals surface area contributed by atoms with Crippen molar-refractivity contribution >= 4 is 44.7 Å². The summed E-state index contributed by atoms with van der Waals surface area (Å²) in [6.07, 6.45) is 10.4. The minimum atomic E-state index is -3.99. The Kier molecular flexibility index (Phi) is 10.4. The van der Waals surface area contributed by atoms with Crippen LogP contribution in [0.3, 0.4) is 0 Å². The molecule has 3 saturated carbocycles. The predicted octanol–water partition coefficient (Wildman–Crippen LogP) is 5.32. The zero-order valence-electron chi connectivity index (χ0n) is 34.2. The molecule has 3 aliphatic carbocycles. The number of hydrogen-bond donors (Lipinski definition) is 3. The minimum Gasteiger partial charge on any atom is -0.497 e. The van der Waals surface area contributed by atoms with Crippen molar-refractivity contribution in [2.45, 2.75) is 151 Å². The molecule has 2 aromatic rings. The number of nitrogens with zero attached hydrogens (tertiary/aromatic N) is 2. The van der Waals surface area contributed by atoms with E-state index >= 15 is 0 Å². The smallest absolute Gasteiger partial charge is 0.408 e. The first kappa shape index (κ1) is 40.4. The van der Waals surface area contributed by atoms with Crippen molar-refractivity contribution in [2.24, 2.45) is 11.8 Å². The molecule has 6 unspecified atom stereocenters. The van der Waals surface area contributed by atoms with Crippen LogP contribution in [0.1, 0.15) is 122 Å². The number of benzene rings is 1. The van der Waals surface area contributed by atoms with Crippen molar-refractivity contribution in [3.8, 4) is 11.5 Å². The molecule has 14 nitrogen and oxygen atoms in total. The lowest BCUT2D eigenvalue weighted by Crippen LogP contribution is -2.58. The summed E-state index contributed by atoms with van der Waals surface area (Å²) < 4.78 is 46.1. The number of aryl methyl sites for hydroxylation is 1. The monoisotopic (exact) mass is 819 g/mol. The zero-order chi connectivity index (χ0) is 41.2. The van der Waals surface area contributed by atoms with E-state index in [0.29, 0.717) is 56.4 Å². The van der Waals surface area contributed by atoms with E-state index in [4.69, 9.17) is 19.2 Å². The second-order valence-electron chi connectivity index (χ2n) is 18.2. The van der Waals surface area contributed by atoms with Gasteiger partial charge in [0, 0.05) is 29.2 Å². The number of carbonyl (C=O) groups excluding carboxylic acids is 4. The van der Waals surface area contributed by atoms with E-state index in [1.54, 1.807) is 21.0 Å². The molecule has 1 aromatic heterocycles. The fraction of sp³-hybridized carbons (Fsp3) is 0.651. The van der Waals surface area contributed by atoms with E-state index in [1.165, 1.54) is 4.90 Å². The largest absolute Gasteiger partial charge is 0.497 e. The van der Waals surface area contributed by atoms with Crippen LogP contribution < -0.4 is 24.8 Å². The molecule has 6 atom stereocenters. The van der Waals surface area contributed by atoms with Gasteiger partial charge in [-0.05, 0) is 102 Å². The van der Waals surface area contributed by atoms with Gasteiger partial charge in [-0.2, -0.15) is 0 Å². The summed E-state index contributed by atoms with van der Waals surface area (Å²) in [6, 6.07) is 3.76. The molecule has 1 saturated heterocycles. The van der Waals surface area contributed by atoms with Crippen molar-refractivity contribution in [2.75, 3.05) is 13.7 Å². The van der Waals surface area contributed by atoms with Crippen LogP contribution in [0.5, 0.6) is 11.5 Å². The number of ether oxygens (including phenoxy) is 3. The molecule has 4 heterocycles. The van der Waals surface area contributed by atoms with E-state index in [9.17, 15) is 27.6 Å². The summed E-state index contributed by atoms with van der Waals surface area (Å²) in [5, 5.41) is 6.76. The highest BCUT2D eigenvalue weighted by Gasteiger charge is 2.64. The molecule has 314 valence electrons. The summed E-state index contributed by atoms with van der Waals surface area (Å²) in [4.78, 5) is 63.6. The Hall–Kier alpha value is -4.40. The summed E-state index contributed by atoms with van der Waals surface area (Å²) in [5.41, 5.74) is 0.269. The van der Waals surface area contributed by atoms with E-state index in [1.807, 2.05) is 44.2 Å². The van der Waals surface area contributed by atoms with Crippen LogP contribution in [0.25, 0.3) is 10.9 Å². The molecule has 0 bridgehead atoms. The van der Waals surface area contributed by atoms with Gasteiger partial charge in [0.2, 0.25) is 21.8 Å². The molecule has 6 aliphatic rings. The average Bonchev–Trinajstić information content (AvgIpc) is 4.12. The van der Waals surface area contributed by atoms with Crippen LogP contribution in [0, 0.1) is 11.8 Å². The third-order valence-corrected chi connectivity index (χ3v) is 15.7. The van der Waals surface area contributed by atoms with Gasteiger partial charge in [-0.15, -0.1) is 0 Å². The second-order valence-corrected chi connectivity index (χ2v) is 20.4. The molecule has 15 heteroatoms. The topological polar surface area (TPSA) is 182 Å². The Bertz CT molecular complexity index is 2150. The number of sulfonamides is 1. The van der Waals surface area contributed by atoms with Crippen molar-refractivity contribution < 1.29 is 41.8 Å². The molecule has 1 aromatic carbocycles. The Morgan fingerprint density at radius 2 is 1.83 bits per heavy atom. The first-order valence-corrected chi connectivity index (χ1v) is 22.6. The number of hydrogen-bond acceptors (Lipinski definition) is 10. The number of nitrogens with one attached hydrogen (secondary N) is 3. The fourth-order valence-electron chi connectivity index (χ4n) is 8.78. The van der Waals surface area contributed by atoms with Gasteiger partial charge in [-0.3, -0.25) is 19.1 Å². The van der Waals surface area contributed by atoms with E-state index in [2.05, 4.69) is 15.4 Å². The van der Waals surface area contributed by atoms with Crippen LogP contribution >= 0.6 is 0 Å². The van der Waals surface area contributed by atoms with Crippen molar-refractivity contribution in [3.05, 3.63) is 41.6 Å². The summed E-state index contributed by atoms with van der Waals surface area (Å²) in [5.74, 6) is -0.514. The number of methoxy groups -OCH3 is 1. The first-order valence-electron chi connectivity index (χ1n) is 21.1. The Balaban J connectivity index is 1.15. The van der Waals surface area contributed by atoms with Gasteiger partial charge in [0.05, 0.1) is 29.6 Å². The maximum absolute atomic E-state index is 14.9. The molecule has 4 amide bonds. The lowest BCUT2D eigenvalue weighted by atomic mass is 9.86. The summed E-state index contributed by atoms with van der Waals surface area (Å²) in [7, 11) is -2.37. The maximum Gasteiger partial charge on any atom is 0.408 e. The van der Waals surface area contributed by atoms with E-state index in [0.717, 1.165) is 47.8 Å². The van der Waals surface area contributed by atoms with Gasteiger partial charge in [-0.1, -0.05) is 38.8 Å². The van der Waals surface area contributed by atoms with Crippen LogP contribution in [0.4, 0.5) is 4.79 Å². The first-order chi connectivity index (χ1) is 27.6. The number of pyridine rings is 1. The van der Waals surface area contributed by atoms with Crippen molar-refractivity contribution in [3.63, 3.8) is 0 Å². The van der Waals surface area contributed by atoms with E-state index < -0.39 is 67.7 Å². The van der Waals surface area contributed by atoms with Crippen LogP contribution in [-0.4, -0.2) is 89.8 Å². The van der Waals surface area contributed by atoms with E-state index in [-0.39, 0.29) is 37.3 Å². The fourth-order valence-corrected chi connectivity index (χ4v) is 10.1. The lowest BCUT2D eigenvalue weighted by Gasteiger charge is -2.37. The molecule has 3 aliphatic heterocycles. The molecular formula is C43H57N5O9S. The van der Waals surface area contributed by atoms with Gasteiger partial charge in [-0.25, -0.2) is 18.2 Å². The Morgan fingerprint density at radius 1 is 1.05 bits per heavy atom. The quantitative estimate of drug-likeness (QED) is 0.295. The van der Waals surface area contributed by atoms with Crippen molar-refractivity contribution in [1.29, 1.82) is 0 Å². The van der Waals surface area contributed by atoms with Gasteiger partial charge >= 0.3 is 6.09 Å². The van der Waals surface area contributed by atoms with Crippen LogP contribution in [0.15, 0.2) is 30.4 Å². The number of rotatable bonds is 8. The molecule has 0 radical (unpaired) electrons. The Labute approximate surface area is 340 Å². The molecule has 8 rings (SSSR count). The summed E-state index contributed by atoms with van der Waals surface area (Å²) >= 11 is 0. The standard InChI is InChI=1S/C43H57N5O9S/c1-25(2)26(3)56-40(52)45-33-12-10-8-6-7-9-11-28-22-43(28,39(51)47-58(53,54)41(4)19-20-41)46-37(49)34-23-42(24-48(34)38(33)50)18-17-30-31-21-29(55-5)15-16-32(31)44-35(27-13-14-27)36(30)57-42/h9,11,15-16,21,25-28,33-34H,6-8,10,12-14,17-20,22-24H2,1-5H3,(H,45,52)(H,46,49)(H,47,51). The van der Waals surface area contributed by atoms with Crippen LogP contribution in [-0.2, 0) is 35.6 Å². The number of allylic oxidation sites excluding steroid dienone is 1. The predicted molar refractivity (Wildman–Crippen MR) is 216 cm³/mol. The van der Waals surface area contributed by atoms with Gasteiger partial charge in [0.1, 0.15) is 40.8 Å². The lowest BCUT2D eigenvalue weighted by molar-refractivity contribution is -0.141. The zero-order valence-corrected chi connectivity index (χ0v) is 35.0. The maximum atomic E-state index is 14.9. The minimum absolute atomic E-state index is 0.0615. The van der Waals surface area contributed by atoms with Gasteiger partial charge in [0.25, 0.3) is 5.91 Å². The number of fused-ring (bicyclic) bond motifs is 5. The Morgan fingerprint density at radius 3 is 2.53 bits per heavy atom. The third kappa shape index (κ3) is 7.63. The molecule has 4 fully saturated rings. The normalized spacial score (nSPS) is 29.8. The third-order valence-electron chi connectivity index (χ3n) is 13.5. The highest BCUT2D eigenvalue weighted by Crippen LogP contribution is 2.52. The van der Waals surface area contributed by atoms with Crippen LogP contribution in [0.2, 0.25) is 0 Å². The highest BCUT2D eigenvalue weighted by molar-refractivity contribution is 7.91. The number of amides is 4. The van der Waals surface area contributed by atoms with Crippen molar-refractivity contribution in [1.82, 2.24) is 25.2 Å². The molecule has 3 N–H and O–H groups in total.